The lowest BCUT2D eigenvalue weighted by molar-refractivity contribution is -0.139. The minimum atomic E-state index is -4.56. The van der Waals surface area contributed by atoms with Crippen LogP contribution in [-0.4, -0.2) is 21.0 Å². The third kappa shape index (κ3) is 2.49. The smallest absolute Gasteiger partial charge is 0.416 e. The van der Waals surface area contributed by atoms with Crippen molar-refractivity contribution in [3.8, 4) is 0 Å². The second kappa shape index (κ2) is 4.62. The van der Waals surface area contributed by atoms with Gasteiger partial charge in [0.25, 0.3) is 5.56 Å². The molecule has 1 aromatic carbocycles. The van der Waals surface area contributed by atoms with Gasteiger partial charge >= 0.3 is 12.1 Å². The van der Waals surface area contributed by atoms with Crippen LogP contribution >= 0.6 is 0 Å². The highest BCUT2D eigenvalue weighted by Gasteiger charge is 2.31. The summed E-state index contributed by atoms with van der Waals surface area (Å²) < 4.78 is 37.7. The third-order valence-electron chi connectivity index (χ3n) is 2.83. The second-order valence-electron chi connectivity index (χ2n) is 4.24. The predicted molar refractivity (Wildman–Crippen MR) is 63.4 cm³/mol. The SMILES string of the molecule is CC(C(=O)O)c1nc2ccc(C(F)(F)F)cc2c(=O)[nH]1. The van der Waals surface area contributed by atoms with E-state index in [0.717, 1.165) is 12.1 Å². The maximum absolute atomic E-state index is 12.6. The Morgan fingerprint density at radius 2 is 2.05 bits per heavy atom. The summed E-state index contributed by atoms with van der Waals surface area (Å²) in [4.78, 5) is 28.6. The van der Waals surface area contributed by atoms with Gasteiger partial charge in [0.15, 0.2) is 0 Å². The van der Waals surface area contributed by atoms with E-state index < -0.39 is 29.2 Å². The van der Waals surface area contributed by atoms with Crippen molar-refractivity contribution in [2.24, 2.45) is 0 Å². The highest BCUT2D eigenvalue weighted by molar-refractivity contribution is 5.80. The van der Waals surface area contributed by atoms with Crippen molar-refractivity contribution in [2.75, 3.05) is 0 Å². The zero-order chi connectivity index (χ0) is 15.1. The number of carboxylic acid groups (broad SMARTS) is 1. The fraction of sp³-hybridized carbons (Fsp3) is 0.250. The summed E-state index contributed by atoms with van der Waals surface area (Å²) in [6.45, 7) is 1.32. The molecule has 0 saturated heterocycles. The summed E-state index contributed by atoms with van der Waals surface area (Å²) in [5.74, 6) is -2.36. The molecule has 5 nitrogen and oxygen atoms in total. The number of benzene rings is 1. The standard InChI is InChI=1S/C12H9F3N2O3/c1-5(11(19)20)9-16-8-3-2-6(12(13,14)15)4-7(8)10(18)17-9/h2-5H,1H3,(H,19,20)(H,16,17,18). The minimum absolute atomic E-state index is 0.0184. The zero-order valence-electron chi connectivity index (χ0n) is 10.2. The Morgan fingerprint density at radius 1 is 1.40 bits per heavy atom. The maximum atomic E-state index is 12.6. The van der Waals surface area contributed by atoms with Crippen LogP contribution in [0.5, 0.6) is 0 Å². The number of aromatic nitrogens is 2. The van der Waals surface area contributed by atoms with E-state index in [1.807, 2.05) is 0 Å². The van der Waals surface area contributed by atoms with Gasteiger partial charge in [-0.25, -0.2) is 4.98 Å². The number of nitrogens with zero attached hydrogens (tertiary/aromatic N) is 1. The molecule has 0 aliphatic rings. The number of carboxylic acids is 1. The molecule has 0 aliphatic heterocycles. The molecule has 8 heteroatoms. The number of hydrogen-bond donors (Lipinski definition) is 2. The fourth-order valence-electron chi connectivity index (χ4n) is 1.66. The Morgan fingerprint density at radius 3 is 2.60 bits per heavy atom. The normalized spacial score (nSPS) is 13.4. The van der Waals surface area contributed by atoms with Gasteiger partial charge < -0.3 is 10.1 Å². The average molecular weight is 286 g/mol. The number of hydrogen-bond acceptors (Lipinski definition) is 3. The molecule has 1 unspecified atom stereocenters. The van der Waals surface area contributed by atoms with Gasteiger partial charge in [-0.05, 0) is 25.1 Å². The monoisotopic (exact) mass is 286 g/mol. The number of aliphatic carboxylic acids is 1. The molecule has 0 aliphatic carbocycles. The lowest BCUT2D eigenvalue weighted by Crippen LogP contribution is -2.18. The van der Waals surface area contributed by atoms with Crippen molar-refractivity contribution < 1.29 is 23.1 Å². The summed E-state index contributed by atoms with van der Waals surface area (Å²) in [5.41, 5.74) is -1.75. The van der Waals surface area contributed by atoms with E-state index in [9.17, 15) is 22.8 Å². The van der Waals surface area contributed by atoms with Crippen LogP contribution in [0, 0.1) is 0 Å². The molecule has 2 N–H and O–H groups in total. The molecule has 1 heterocycles. The Balaban J connectivity index is 2.64. The van der Waals surface area contributed by atoms with Crippen LogP contribution < -0.4 is 5.56 Å². The largest absolute Gasteiger partial charge is 0.481 e. The van der Waals surface area contributed by atoms with Gasteiger partial charge in [0.2, 0.25) is 0 Å². The van der Waals surface area contributed by atoms with Gasteiger partial charge in [0.05, 0.1) is 16.5 Å². The molecule has 2 rings (SSSR count). The fourth-order valence-corrected chi connectivity index (χ4v) is 1.66. The summed E-state index contributed by atoms with van der Waals surface area (Å²) in [5, 5.41) is 8.60. The predicted octanol–water partition coefficient (Wildman–Crippen LogP) is 2.13. The van der Waals surface area contributed by atoms with E-state index in [1.54, 1.807) is 0 Å². The first kappa shape index (κ1) is 14.0. The van der Waals surface area contributed by atoms with Gasteiger partial charge in [-0.3, -0.25) is 9.59 Å². The highest BCUT2D eigenvalue weighted by Crippen LogP contribution is 2.30. The van der Waals surface area contributed by atoms with Gasteiger partial charge in [0, 0.05) is 0 Å². The van der Waals surface area contributed by atoms with Gasteiger partial charge in [-0.2, -0.15) is 13.2 Å². The Kier molecular flexibility index (Phi) is 3.24. The molecule has 0 bridgehead atoms. The summed E-state index contributed by atoms with van der Waals surface area (Å²) in [6, 6.07) is 2.53. The van der Waals surface area contributed by atoms with Crippen LogP contribution in [0.4, 0.5) is 13.2 Å². The number of fused-ring (bicyclic) bond motifs is 1. The van der Waals surface area contributed by atoms with Crippen molar-refractivity contribution in [3.63, 3.8) is 0 Å². The van der Waals surface area contributed by atoms with Gasteiger partial charge in [-0.15, -0.1) is 0 Å². The molecule has 0 saturated carbocycles. The highest BCUT2D eigenvalue weighted by atomic mass is 19.4. The number of nitrogens with one attached hydrogen (secondary N) is 1. The lowest BCUT2D eigenvalue weighted by atomic mass is 10.1. The number of aromatic amines is 1. The first-order chi connectivity index (χ1) is 9.20. The first-order valence-corrected chi connectivity index (χ1v) is 5.54. The third-order valence-corrected chi connectivity index (χ3v) is 2.83. The van der Waals surface area contributed by atoms with Crippen molar-refractivity contribution in [1.29, 1.82) is 0 Å². The van der Waals surface area contributed by atoms with Crippen LogP contribution in [0.2, 0.25) is 0 Å². The van der Waals surface area contributed by atoms with E-state index >= 15 is 0 Å². The van der Waals surface area contributed by atoms with Crippen LogP contribution in [0.15, 0.2) is 23.0 Å². The van der Waals surface area contributed by atoms with E-state index in [1.165, 1.54) is 6.92 Å². The van der Waals surface area contributed by atoms with Crippen LogP contribution in [-0.2, 0) is 11.0 Å². The van der Waals surface area contributed by atoms with Crippen molar-refractivity contribution >= 4 is 16.9 Å². The van der Waals surface area contributed by atoms with Crippen LogP contribution in [0.25, 0.3) is 10.9 Å². The molecule has 2 aromatic rings. The van der Waals surface area contributed by atoms with Crippen LogP contribution in [0.3, 0.4) is 0 Å². The molecule has 0 fully saturated rings. The van der Waals surface area contributed by atoms with E-state index in [0.29, 0.717) is 6.07 Å². The first-order valence-electron chi connectivity index (χ1n) is 5.54. The molecular weight excluding hydrogens is 277 g/mol. The van der Waals surface area contributed by atoms with E-state index in [2.05, 4.69) is 9.97 Å². The zero-order valence-corrected chi connectivity index (χ0v) is 10.2. The number of carbonyl (C=O) groups is 1. The Hall–Kier alpha value is -2.38. The van der Waals surface area contributed by atoms with Crippen molar-refractivity contribution in [2.45, 2.75) is 19.0 Å². The van der Waals surface area contributed by atoms with E-state index in [-0.39, 0.29) is 16.7 Å². The maximum Gasteiger partial charge on any atom is 0.416 e. The Bertz CT molecular complexity index is 737. The molecule has 0 radical (unpaired) electrons. The summed E-state index contributed by atoms with van der Waals surface area (Å²) in [6.07, 6.45) is -4.56. The quantitative estimate of drug-likeness (QED) is 0.886. The number of alkyl halides is 3. The molecular formula is C12H9F3N2O3. The summed E-state index contributed by atoms with van der Waals surface area (Å²) in [7, 11) is 0. The number of rotatable bonds is 2. The van der Waals surface area contributed by atoms with Crippen LogP contribution in [0.1, 0.15) is 24.2 Å². The van der Waals surface area contributed by atoms with Gasteiger partial charge in [-0.1, -0.05) is 0 Å². The Labute approximate surface area is 110 Å². The molecule has 1 aromatic heterocycles. The molecule has 0 spiro atoms. The van der Waals surface area contributed by atoms with E-state index in [4.69, 9.17) is 5.11 Å². The number of halogens is 3. The average Bonchev–Trinajstić information content (AvgIpc) is 2.36. The van der Waals surface area contributed by atoms with Crippen molar-refractivity contribution in [1.82, 2.24) is 9.97 Å². The molecule has 20 heavy (non-hydrogen) atoms. The lowest BCUT2D eigenvalue weighted by Gasteiger charge is -2.09. The van der Waals surface area contributed by atoms with Gasteiger partial charge in [0.1, 0.15) is 11.7 Å². The summed E-state index contributed by atoms with van der Waals surface area (Å²) >= 11 is 0. The molecule has 0 amide bonds. The number of H-pyrrole nitrogens is 1. The van der Waals surface area contributed by atoms with Crippen molar-refractivity contribution in [3.05, 3.63) is 39.9 Å². The molecule has 106 valence electrons. The second-order valence-corrected chi connectivity index (χ2v) is 4.24. The molecule has 1 atom stereocenters. The minimum Gasteiger partial charge on any atom is -0.481 e. The topological polar surface area (TPSA) is 83.0 Å².